The summed E-state index contributed by atoms with van der Waals surface area (Å²) in [6.07, 6.45) is 3.90. The fourth-order valence-electron chi connectivity index (χ4n) is 3.55. The smallest absolute Gasteiger partial charge is 0.225 e. The molecule has 3 aromatic rings. The van der Waals surface area contributed by atoms with Crippen molar-refractivity contribution in [2.45, 2.75) is 26.0 Å². The van der Waals surface area contributed by atoms with Crippen LogP contribution in [-0.2, 0) is 6.54 Å². The molecule has 1 atom stereocenters. The summed E-state index contributed by atoms with van der Waals surface area (Å²) in [5.74, 6) is 1.33. The highest BCUT2D eigenvalue weighted by molar-refractivity contribution is 5.79. The molecule has 1 aliphatic rings. The molecule has 1 N–H and O–H groups in total. The van der Waals surface area contributed by atoms with Gasteiger partial charge in [0, 0.05) is 36.6 Å². The number of rotatable bonds is 5. The van der Waals surface area contributed by atoms with Gasteiger partial charge in [-0.05, 0) is 43.2 Å². The molecule has 1 aliphatic heterocycles. The summed E-state index contributed by atoms with van der Waals surface area (Å²) in [6.45, 7) is 3.39. The first kappa shape index (κ1) is 18.9. The lowest BCUT2D eigenvalue weighted by atomic mass is 10.0. The molecule has 0 spiro atoms. The quantitative estimate of drug-likeness (QED) is 0.714. The SMILES string of the molecule is COc1cc(C)cc(-c2nn(CC#N)cc2-c2ccnc(N3CC[C@@H](O)C3)n2)c1. The number of aliphatic hydroxyl groups excluding tert-OH is 1. The van der Waals surface area contributed by atoms with E-state index >= 15 is 0 Å². The van der Waals surface area contributed by atoms with E-state index in [4.69, 9.17) is 15.0 Å². The Labute approximate surface area is 169 Å². The third-order valence-electron chi connectivity index (χ3n) is 4.92. The predicted octanol–water partition coefficient (Wildman–Crippen LogP) is 2.42. The summed E-state index contributed by atoms with van der Waals surface area (Å²) < 4.78 is 7.02. The molecule has 0 aliphatic carbocycles. The average Bonchev–Trinajstić information content (AvgIpc) is 3.34. The molecule has 1 aromatic carbocycles. The third-order valence-corrected chi connectivity index (χ3v) is 4.92. The number of methoxy groups -OCH3 is 1. The normalized spacial score (nSPS) is 16.1. The van der Waals surface area contributed by atoms with Crippen molar-refractivity contribution in [3.63, 3.8) is 0 Å². The molecule has 0 amide bonds. The number of aryl methyl sites for hydroxylation is 1. The second kappa shape index (κ2) is 7.89. The van der Waals surface area contributed by atoms with Gasteiger partial charge in [0.1, 0.15) is 18.0 Å². The van der Waals surface area contributed by atoms with Crippen LogP contribution in [-0.4, -0.2) is 51.2 Å². The van der Waals surface area contributed by atoms with E-state index in [1.807, 2.05) is 42.3 Å². The van der Waals surface area contributed by atoms with Crippen molar-refractivity contribution in [3.05, 3.63) is 42.2 Å². The number of nitriles is 1. The Balaban J connectivity index is 1.80. The molecule has 1 saturated heterocycles. The molecule has 0 unspecified atom stereocenters. The van der Waals surface area contributed by atoms with E-state index in [1.165, 1.54) is 0 Å². The molecular formula is C21H22N6O2. The van der Waals surface area contributed by atoms with Crippen molar-refractivity contribution in [2.24, 2.45) is 0 Å². The maximum atomic E-state index is 9.82. The average molecular weight is 390 g/mol. The van der Waals surface area contributed by atoms with E-state index in [-0.39, 0.29) is 12.6 Å². The van der Waals surface area contributed by atoms with Crippen molar-refractivity contribution in [1.29, 1.82) is 5.26 Å². The van der Waals surface area contributed by atoms with Crippen LogP contribution >= 0.6 is 0 Å². The summed E-state index contributed by atoms with van der Waals surface area (Å²) in [4.78, 5) is 11.1. The first-order valence-electron chi connectivity index (χ1n) is 9.44. The van der Waals surface area contributed by atoms with Crippen molar-refractivity contribution >= 4 is 5.95 Å². The maximum absolute atomic E-state index is 9.82. The van der Waals surface area contributed by atoms with Gasteiger partial charge in [-0.3, -0.25) is 4.68 Å². The fraction of sp³-hybridized carbons (Fsp3) is 0.333. The van der Waals surface area contributed by atoms with E-state index in [1.54, 1.807) is 18.0 Å². The van der Waals surface area contributed by atoms with Gasteiger partial charge in [0.15, 0.2) is 0 Å². The van der Waals surface area contributed by atoms with Gasteiger partial charge < -0.3 is 14.7 Å². The Bertz CT molecular complexity index is 1070. The number of aromatic nitrogens is 4. The number of ether oxygens (including phenoxy) is 1. The van der Waals surface area contributed by atoms with Gasteiger partial charge in [-0.15, -0.1) is 0 Å². The zero-order valence-corrected chi connectivity index (χ0v) is 16.4. The van der Waals surface area contributed by atoms with Gasteiger partial charge in [-0.2, -0.15) is 10.4 Å². The molecule has 1 fully saturated rings. The second-order valence-corrected chi connectivity index (χ2v) is 7.12. The Morgan fingerprint density at radius 1 is 1.34 bits per heavy atom. The molecule has 0 saturated carbocycles. The molecule has 0 bridgehead atoms. The molecule has 4 rings (SSSR count). The summed E-state index contributed by atoms with van der Waals surface area (Å²) in [5.41, 5.74) is 4.21. The van der Waals surface area contributed by atoms with Gasteiger partial charge in [-0.1, -0.05) is 0 Å². The van der Waals surface area contributed by atoms with Crippen LogP contribution in [0.2, 0.25) is 0 Å². The first-order chi connectivity index (χ1) is 14.1. The van der Waals surface area contributed by atoms with Crippen molar-refractivity contribution in [1.82, 2.24) is 19.7 Å². The van der Waals surface area contributed by atoms with E-state index < -0.39 is 0 Å². The number of β-amino-alcohol motifs (C(OH)–C–C–N with tert-alkyl or cyclic N) is 1. The zero-order valence-electron chi connectivity index (χ0n) is 16.4. The first-order valence-corrected chi connectivity index (χ1v) is 9.44. The van der Waals surface area contributed by atoms with E-state index in [0.717, 1.165) is 40.4 Å². The summed E-state index contributed by atoms with van der Waals surface area (Å²) >= 11 is 0. The van der Waals surface area contributed by atoms with Crippen molar-refractivity contribution in [2.75, 3.05) is 25.1 Å². The maximum Gasteiger partial charge on any atom is 0.225 e. The van der Waals surface area contributed by atoms with Gasteiger partial charge >= 0.3 is 0 Å². The van der Waals surface area contributed by atoms with Crippen molar-refractivity contribution < 1.29 is 9.84 Å². The summed E-state index contributed by atoms with van der Waals surface area (Å²) in [5, 5.41) is 23.6. The summed E-state index contributed by atoms with van der Waals surface area (Å²) in [6, 6.07) is 9.88. The van der Waals surface area contributed by atoms with Crippen LogP contribution in [0.1, 0.15) is 12.0 Å². The highest BCUT2D eigenvalue weighted by atomic mass is 16.5. The number of hydrogen-bond acceptors (Lipinski definition) is 7. The highest BCUT2D eigenvalue weighted by Crippen LogP contribution is 2.33. The van der Waals surface area contributed by atoms with Crippen LogP contribution in [0.3, 0.4) is 0 Å². The van der Waals surface area contributed by atoms with E-state index in [9.17, 15) is 5.11 Å². The van der Waals surface area contributed by atoms with Crippen LogP contribution in [0.15, 0.2) is 36.7 Å². The van der Waals surface area contributed by atoms with Crippen LogP contribution in [0.4, 0.5) is 5.95 Å². The number of nitrogens with zero attached hydrogens (tertiary/aromatic N) is 6. The zero-order chi connectivity index (χ0) is 20.4. The third kappa shape index (κ3) is 3.91. The lowest BCUT2D eigenvalue weighted by Crippen LogP contribution is -2.23. The minimum Gasteiger partial charge on any atom is -0.497 e. The molecule has 3 heterocycles. The van der Waals surface area contributed by atoms with Gasteiger partial charge in [0.05, 0.1) is 25.0 Å². The standard InChI is InChI=1S/C21H22N6O2/c1-14-9-15(11-17(10-14)29-2)20-18(13-27(25-20)8-5-22)19-3-6-23-21(24-19)26-7-4-16(28)12-26/h3,6,9-11,13,16,28H,4,7-8,12H2,1-2H3/t16-/m1/s1. The molecule has 148 valence electrons. The summed E-state index contributed by atoms with van der Waals surface area (Å²) in [7, 11) is 1.63. The molecule has 8 nitrogen and oxygen atoms in total. The number of aliphatic hydroxyl groups is 1. The van der Waals surface area contributed by atoms with Gasteiger partial charge in [0.2, 0.25) is 5.95 Å². The lowest BCUT2D eigenvalue weighted by Gasteiger charge is -2.15. The van der Waals surface area contributed by atoms with E-state index in [2.05, 4.69) is 16.2 Å². The Morgan fingerprint density at radius 3 is 2.93 bits per heavy atom. The molecule has 0 radical (unpaired) electrons. The molecule has 8 heteroatoms. The minimum absolute atomic E-state index is 0.145. The van der Waals surface area contributed by atoms with Crippen LogP contribution < -0.4 is 9.64 Å². The number of benzene rings is 1. The monoisotopic (exact) mass is 390 g/mol. The largest absolute Gasteiger partial charge is 0.497 e. The number of anilines is 1. The van der Waals surface area contributed by atoms with Crippen LogP contribution in [0, 0.1) is 18.3 Å². The Morgan fingerprint density at radius 2 is 2.21 bits per heavy atom. The van der Waals surface area contributed by atoms with Crippen LogP contribution in [0.25, 0.3) is 22.5 Å². The van der Waals surface area contributed by atoms with E-state index in [0.29, 0.717) is 18.9 Å². The molecule has 29 heavy (non-hydrogen) atoms. The number of hydrogen-bond donors (Lipinski definition) is 1. The Hall–Kier alpha value is -3.44. The Kier molecular flexibility index (Phi) is 5.14. The van der Waals surface area contributed by atoms with Gasteiger partial charge in [-0.25, -0.2) is 9.97 Å². The van der Waals surface area contributed by atoms with Crippen molar-refractivity contribution in [3.8, 4) is 34.3 Å². The lowest BCUT2D eigenvalue weighted by molar-refractivity contribution is 0.198. The van der Waals surface area contributed by atoms with Crippen LogP contribution in [0.5, 0.6) is 5.75 Å². The minimum atomic E-state index is -0.351. The second-order valence-electron chi connectivity index (χ2n) is 7.12. The predicted molar refractivity (Wildman–Crippen MR) is 108 cm³/mol. The molecular weight excluding hydrogens is 368 g/mol. The highest BCUT2D eigenvalue weighted by Gasteiger charge is 2.23. The van der Waals surface area contributed by atoms with Gasteiger partial charge in [0.25, 0.3) is 0 Å². The molecule has 2 aromatic heterocycles. The fourth-order valence-corrected chi connectivity index (χ4v) is 3.55. The topological polar surface area (TPSA) is 100 Å².